The highest BCUT2D eigenvalue weighted by Gasteiger charge is 2.34. The van der Waals surface area contributed by atoms with Crippen LogP contribution >= 0.6 is 11.6 Å². The molecule has 16 heavy (non-hydrogen) atoms. The molecule has 1 aromatic rings. The van der Waals surface area contributed by atoms with Crippen LogP contribution in [0.5, 0.6) is 0 Å². The van der Waals surface area contributed by atoms with Gasteiger partial charge in [0.15, 0.2) is 0 Å². The fraction of sp³-hybridized carbons (Fsp3) is 0.364. The average Bonchev–Trinajstić information content (AvgIpc) is 2.67. The second-order valence-corrected chi connectivity index (χ2v) is 4.41. The van der Waals surface area contributed by atoms with E-state index in [4.69, 9.17) is 22.4 Å². The third-order valence-electron chi connectivity index (χ3n) is 2.99. The maximum atomic E-state index is 10.9. The van der Waals surface area contributed by atoms with Crippen LogP contribution in [0.4, 0.5) is 5.69 Å². The lowest BCUT2D eigenvalue weighted by Gasteiger charge is -2.16. The Bertz CT molecular complexity index is 448. The van der Waals surface area contributed by atoms with Crippen molar-refractivity contribution in [1.29, 1.82) is 0 Å². The summed E-state index contributed by atoms with van der Waals surface area (Å²) in [6.45, 7) is 2.48. The number of carboxylic acids is 1. The van der Waals surface area contributed by atoms with E-state index in [0.29, 0.717) is 11.6 Å². The summed E-state index contributed by atoms with van der Waals surface area (Å²) in [6.07, 6.45) is 0. The van der Waals surface area contributed by atoms with E-state index in [2.05, 4.69) is 5.32 Å². The number of rotatable bonds is 2. The second kappa shape index (κ2) is 3.96. The Balaban J connectivity index is 2.46. The van der Waals surface area contributed by atoms with Crippen molar-refractivity contribution in [2.45, 2.75) is 18.9 Å². The summed E-state index contributed by atoms with van der Waals surface area (Å²) >= 11 is 6.10. The van der Waals surface area contributed by atoms with Crippen LogP contribution in [0, 0.1) is 6.92 Å². The molecule has 86 valence electrons. The molecule has 1 aromatic carbocycles. The quantitative estimate of drug-likeness (QED) is 0.734. The highest BCUT2D eigenvalue weighted by Crippen LogP contribution is 2.40. The molecule has 0 fully saturated rings. The smallest absolute Gasteiger partial charge is 0.321 e. The number of hydrogen-bond acceptors (Lipinski definition) is 3. The number of fused-ring (bicyclic) bond motifs is 1. The molecule has 0 amide bonds. The molecule has 0 saturated carbocycles. The predicted molar refractivity (Wildman–Crippen MR) is 63.0 cm³/mol. The van der Waals surface area contributed by atoms with Gasteiger partial charge in [-0.15, -0.1) is 0 Å². The summed E-state index contributed by atoms with van der Waals surface area (Å²) in [7, 11) is 0. The SMILES string of the molecule is Cc1ccc(Cl)c2c1NCC2C(N)C(=O)O. The minimum Gasteiger partial charge on any atom is -0.480 e. The first-order valence-electron chi connectivity index (χ1n) is 5.03. The number of carboxylic acid groups (broad SMARTS) is 1. The Morgan fingerprint density at radius 3 is 3.00 bits per heavy atom. The van der Waals surface area contributed by atoms with Crippen molar-refractivity contribution in [2.24, 2.45) is 5.73 Å². The van der Waals surface area contributed by atoms with E-state index in [1.54, 1.807) is 6.07 Å². The molecule has 0 radical (unpaired) electrons. The molecule has 4 nitrogen and oxygen atoms in total. The van der Waals surface area contributed by atoms with E-state index < -0.39 is 12.0 Å². The lowest BCUT2D eigenvalue weighted by Crippen LogP contribution is -2.37. The van der Waals surface area contributed by atoms with Gasteiger partial charge < -0.3 is 16.2 Å². The number of nitrogens with two attached hydrogens (primary N) is 1. The Morgan fingerprint density at radius 1 is 1.69 bits per heavy atom. The van der Waals surface area contributed by atoms with Crippen LogP contribution in [-0.4, -0.2) is 23.7 Å². The molecule has 1 aliphatic heterocycles. The second-order valence-electron chi connectivity index (χ2n) is 4.00. The molecule has 0 spiro atoms. The highest BCUT2D eigenvalue weighted by molar-refractivity contribution is 6.32. The summed E-state index contributed by atoms with van der Waals surface area (Å²) in [4.78, 5) is 10.9. The van der Waals surface area contributed by atoms with Crippen LogP contribution < -0.4 is 11.1 Å². The van der Waals surface area contributed by atoms with Gasteiger partial charge in [0, 0.05) is 28.7 Å². The average molecular weight is 241 g/mol. The molecule has 2 atom stereocenters. The Kier molecular flexibility index (Phi) is 2.78. The number of nitrogens with one attached hydrogen (secondary N) is 1. The summed E-state index contributed by atoms with van der Waals surface area (Å²) in [5, 5.41) is 12.7. The van der Waals surface area contributed by atoms with Crippen LogP contribution in [0.1, 0.15) is 17.0 Å². The van der Waals surface area contributed by atoms with E-state index >= 15 is 0 Å². The van der Waals surface area contributed by atoms with Crippen molar-refractivity contribution < 1.29 is 9.90 Å². The first-order valence-corrected chi connectivity index (χ1v) is 5.41. The number of benzene rings is 1. The minimum atomic E-state index is -1.00. The zero-order valence-corrected chi connectivity index (χ0v) is 9.58. The van der Waals surface area contributed by atoms with E-state index in [9.17, 15) is 4.79 Å². The molecule has 0 aromatic heterocycles. The number of aryl methyl sites for hydroxylation is 1. The third kappa shape index (κ3) is 1.64. The minimum absolute atomic E-state index is 0.264. The van der Waals surface area contributed by atoms with Gasteiger partial charge >= 0.3 is 5.97 Å². The van der Waals surface area contributed by atoms with Crippen molar-refractivity contribution in [3.8, 4) is 0 Å². The van der Waals surface area contributed by atoms with Crippen molar-refractivity contribution in [3.05, 3.63) is 28.3 Å². The number of aliphatic carboxylic acids is 1. The number of carbonyl (C=O) groups is 1. The molecule has 2 unspecified atom stereocenters. The molecule has 0 bridgehead atoms. The molecule has 0 saturated heterocycles. The monoisotopic (exact) mass is 240 g/mol. The number of halogens is 1. The Labute approximate surface area is 98.4 Å². The van der Waals surface area contributed by atoms with Gasteiger partial charge in [-0.05, 0) is 18.6 Å². The van der Waals surface area contributed by atoms with Gasteiger partial charge in [0.05, 0.1) is 0 Å². The molecule has 5 heteroatoms. The first kappa shape index (κ1) is 11.2. The zero-order chi connectivity index (χ0) is 11.9. The van der Waals surface area contributed by atoms with E-state index in [1.165, 1.54) is 0 Å². The Morgan fingerprint density at radius 2 is 2.38 bits per heavy atom. The van der Waals surface area contributed by atoms with Crippen LogP contribution in [-0.2, 0) is 4.79 Å². The first-order chi connectivity index (χ1) is 7.52. The van der Waals surface area contributed by atoms with Gasteiger partial charge in [0.1, 0.15) is 6.04 Å². The van der Waals surface area contributed by atoms with Gasteiger partial charge in [-0.25, -0.2) is 0 Å². The summed E-state index contributed by atoms with van der Waals surface area (Å²) < 4.78 is 0. The molecule has 1 heterocycles. The molecule has 4 N–H and O–H groups in total. The fourth-order valence-corrected chi connectivity index (χ4v) is 2.39. The summed E-state index contributed by atoms with van der Waals surface area (Å²) in [5.74, 6) is -1.27. The van der Waals surface area contributed by atoms with Gasteiger partial charge in [0.2, 0.25) is 0 Å². The maximum Gasteiger partial charge on any atom is 0.321 e. The van der Waals surface area contributed by atoms with Gasteiger partial charge in [-0.3, -0.25) is 4.79 Å². The van der Waals surface area contributed by atoms with Gasteiger partial charge in [-0.2, -0.15) is 0 Å². The normalized spacial score (nSPS) is 20.1. The lowest BCUT2D eigenvalue weighted by molar-refractivity contribution is -0.138. The van der Waals surface area contributed by atoms with Crippen molar-refractivity contribution in [2.75, 3.05) is 11.9 Å². The molecule has 2 rings (SSSR count). The zero-order valence-electron chi connectivity index (χ0n) is 8.83. The van der Waals surface area contributed by atoms with E-state index in [1.807, 2.05) is 13.0 Å². The highest BCUT2D eigenvalue weighted by atomic mass is 35.5. The topological polar surface area (TPSA) is 75.3 Å². The standard InChI is InChI=1S/C11H13ClN2O2/c1-5-2-3-7(12)8-6(4-14-10(5)8)9(13)11(15)16/h2-3,6,9,14H,4,13H2,1H3,(H,15,16). The van der Waals surface area contributed by atoms with E-state index in [0.717, 1.165) is 16.8 Å². The largest absolute Gasteiger partial charge is 0.480 e. The maximum absolute atomic E-state index is 10.9. The van der Waals surface area contributed by atoms with Crippen LogP contribution in [0.25, 0.3) is 0 Å². The van der Waals surface area contributed by atoms with Gasteiger partial charge in [0.25, 0.3) is 0 Å². The van der Waals surface area contributed by atoms with Crippen LogP contribution in [0.15, 0.2) is 12.1 Å². The van der Waals surface area contributed by atoms with Crippen molar-refractivity contribution >= 4 is 23.3 Å². The van der Waals surface area contributed by atoms with Crippen LogP contribution in [0.3, 0.4) is 0 Å². The van der Waals surface area contributed by atoms with Crippen molar-refractivity contribution in [1.82, 2.24) is 0 Å². The number of hydrogen-bond donors (Lipinski definition) is 3. The van der Waals surface area contributed by atoms with Gasteiger partial charge in [-0.1, -0.05) is 17.7 Å². The van der Waals surface area contributed by atoms with E-state index in [-0.39, 0.29) is 5.92 Å². The van der Waals surface area contributed by atoms with Crippen LogP contribution in [0.2, 0.25) is 5.02 Å². The predicted octanol–water partition coefficient (Wildman–Crippen LogP) is 1.57. The summed E-state index contributed by atoms with van der Waals surface area (Å²) in [5.41, 5.74) is 8.47. The molecular weight excluding hydrogens is 228 g/mol. The Hall–Kier alpha value is -1.26. The molecule has 0 aliphatic carbocycles. The molecular formula is C11H13ClN2O2. The fourth-order valence-electron chi connectivity index (χ4n) is 2.09. The molecule has 1 aliphatic rings. The lowest BCUT2D eigenvalue weighted by atomic mass is 9.93. The summed E-state index contributed by atoms with van der Waals surface area (Å²) in [6, 6.07) is 2.76. The third-order valence-corrected chi connectivity index (χ3v) is 3.32. The van der Waals surface area contributed by atoms with Crippen molar-refractivity contribution in [3.63, 3.8) is 0 Å². The number of anilines is 1.